The second-order valence-corrected chi connectivity index (χ2v) is 5.45. The van der Waals surface area contributed by atoms with Crippen molar-refractivity contribution in [3.05, 3.63) is 48.0 Å². The van der Waals surface area contributed by atoms with Crippen molar-refractivity contribution >= 4 is 23.2 Å². The molecule has 134 valence electrons. The number of hydrogen-bond acceptors (Lipinski definition) is 6. The second kappa shape index (κ2) is 8.11. The second-order valence-electron chi connectivity index (χ2n) is 5.45. The SMILES string of the molecule is COc1ccc(OC)c(/C=N\NC(=O)CCn2nnc3ccccc32)c1. The number of aromatic nitrogens is 3. The van der Waals surface area contributed by atoms with Gasteiger partial charge in [0.1, 0.15) is 17.0 Å². The first-order chi connectivity index (χ1) is 12.7. The molecule has 0 bridgehead atoms. The van der Waals surface area contributed by atoms with Gasteiger partial charge in [0.25, 0.3) is 0 Å². The van der Waals surface area contributed by atoms with Crippen molar-refractivity contribution in [2.24, 2.45) is 5.10 Å². The lowest BCUT2D eigenvalue weighted by atomic mass is 10.2. The lowest BCUT2D eigenvalue weighted by molar-refractivity contribution is -0.121. The fourth-order valence-electron chi connectivity index (χ4n) is 2.46. The lowest BCUT2D eigenvalue weighted by Gasteiger charge is -2.06. The molecule has 1 aromatic heterocycles. The molecule has 1 amide bonds. The number of ether oxygens (including phenoxy) is 2. The first-order valence-electron chi connectivity index (χ1n) is 8.03. The Hall–Kier alpha value is -3.42. The summed E-state index contributed by atoms with van der Waals surface area (Å²) in [6, 6.07) is 12.9. The molecule has 26 heavy (non-hydrogen) atoms. The number of carbonyl (C=O) groups is 1. The molecular weight excluding hydrogens is 334 g/mol. The zero-order valence-electron chi connectivity index (χ0n) is 14.5. The molecule has 3 aromatic rings. The maximum absolute atomic E-state index is 12.0. The Balaban J connectivity index is 1.58. The molecule has 0 spiro atoms. The normalized spacial score (nSPS) is 11.0. The van der Waals surface area contributed by atoms with Gasteiger partial charge in [0.2, 0.25) is 5.91 Å². The minimum atomic E-state index is -0.220. The number of methoxy groups -OCH3 is 2. The first kappa shape index (κ1) is 17.4. The number of carbonyl (C=O) groups excluding carboxylic acids is 1. The Morgan fingerprint density at radius 3 is 2.88 bits per heavy atom. The number of aryl methyl sites for hydroxylation is 1. The third-order valence-corrected chi connectivity index (χ3v) is 3.80. The Morgan fingerprint density at radius 2 is 2.08 bits per heavy atom. The number of nitrogens with zero attached hydrogens (tertiary/aromatic N) is 4. The minimum absolute atomic E-state index is 0.220. The molecule has 2 aromatic carbocycles. The molecule has 1 heterocycles. The summed E-state index contributed by atoms with van der Waals surface area (Å²) >= 11 is 0. The van der Waals surface area contributed by atoms with Crippen LogP contribution in [0.5, 0.6) is 11.5 Å². The summed E-state index contributed by atoms with van der Waals surface area (Å²) in [4.78, 5) is 12.0. The summed E-state index contributed by atoms with van der Waals surface area (Å²) in [5.74, 6) is 1.09. The summed E-state index contributed by atoms with van der Waals surface area (Å²) in [6.07, 6.45) is 1.75. The molecule has 0 unspecified atom stereocenters. The van der Waals surface area contributed by atoms with Gasteiger partial charge in [-0.25, -0.2) is 10.1 Å². The molecule has 0 aliphatic rings. The van der Waals surface area contributed by atoms with Gasteiger partial charge in [0.15, 0.2) is 0 Å². The van der Waals surface area contributed by atoms with Gasteiger partial charge < -0.3 is 9.47 Å². The van der Waals surface area contributed by atoms with E-state index in [0.717, 1.165) is 11.0 Å². The van der Waals surface area contributed by atoms with E-state index >= 15 is 0 Å². The quantitative estimate of drug-likeness (QED) is 0.518. The Morgan fingerprint density at radius 1 is 1.23 bits per heavy atom. The van der Waals surface area contributed by atoms with Crippen LogP contribution in [-0.4, -0.2) is 41.3 Å². The summed E-state index contributed by atoms with van der Waals surface area (Å²) in [5.41, 5.74) is 4.90. The van der Waals surface area contributed by atoms with Gasteiger partial charge in [-0.3, -0.25) is 4.79 Å². The van der Waals surface area contributed by atoms with E-state index in [1.807, 2.05) is 24.3 Å². The minimum Gasteiger partial charge on any atom is -0.497 e. The monoisotopic (exact) mass is 353 g/mol. The van der Waals surface area contributed by atoms with Crippen molar-refractivity contribution in [3.63, 3.8) is 0 Å². The first-order valence-corrected chi connectivity index (χ1v) is 8.03. The molecular formula is C18H19N5O3. The van der Waals surface area contributed by atoms with Crippen LogP contribution in [0.1, 0.15) is 12.0 Å². The number of fused-ring (bicyclic) bond motifs is 1. The van der Waals surface area contributed by atoms with Gasteiger partial charge in [0, 0.05) is 12.0 Å². The van der Waals surface area contributed by atoms with Gasteiger partial charge >= 0.3 is 0 Å². The van der Waals surface area contributed by atoms with E-state index in [2.05, 4.69) is 20.8 Å². The van der Waals surface area contributed by atoms with Crippen LogP contribution in [0, 0.1) is 0 Å². The highest BCUT2D eigenvalue weighted by Crippen LogP contribution is 2.22. The number of hydrazone groups is 1. The molecule has 0 atom stereocenters. The van der Waals surface area contributed by atoms with Crippen molar-refractivity contribution in [1.82, 2.24) is 20.4 Å². The topological polar surface area (TPSA) is 90.6 Å². The van der Waals surface area contributed by atoms with Crippen LogP contribution in [0.3, 0.4) is 0 Å². The zero-order valence-corrected chi connectivity index (χ0v) is 14.5. The molecule has 1 N–H and O–H groups in total. The van der Waals surface area contributed by atoms with E-state index < -0.39 is 0 Å². The predicted octanol–water partition coefficient (Wildman–Crippen LogP) is 1.99. The molecule has 0 radical (unpaired) electrons. The number of rotatable bonds is 7. The number of nitrogens with one attached hydrogen (secondary N) is 1. The molecule has 0 fully saturated rings. The van der Waals surface area contributed by atoms with Crippen molar-refractivity contribution in [1.29, 1.82) is 0 Å². The molecule has 0 saturated heterocycles. The number of amides is 1. The molecule has 3 rings (SSSR count). The van der Waals surface area contributed by atoms with E-state index in [-0.39, 0.29) is 12.3 Å². The molecule has 8 heteroatoms. The van der Waals surface area contributed by atoms with Gasteiger partial charge in [-0.15, -0.1) is 5.10 Å². The van der Waals surface area contributed by atoms with E-state index in [9.17, 15) is 4.79 Å². The van der Waals surface area contributed by atoms with Crippen LogP contribution in [0.15, 0.2) is 47.6 Å². The number of para-hydroxylation sites is 1. The van der Waals surface area contributed by atoms with E-state index in [0.29, 0.717) is 23.6 Å². The third kappa shape index (κ3) is 3.97. The van der Waals surface area contributed by atoms with Gasteiger partial charge in [-0.1, -0.05) is 17.3 Å². The van der Waals surface area contributed by atoms with Crippen molar-refractivity contribution in [2.45, 2.75) is 13.0 Å². The van der Waals surface area contributed by atoms with Crippen molar-refractivity contribution in [3.8, 4) is 11.5 Å². The maximum atomic E-state index is 12.0. The predicted molar refractivity (Wildman–Crippen MR) is 97.4 cm³/mol. The maximum Gasteiger partial charge on any atom is 0.241 e. The lowest BCUT2D eigenvalue weighted by Crippen LogP contribution is -2.19. The highest BCUT2D eigenvalue weighted by molar-refractivity contribution is 5.86. The van der Waals surface area contributed by atoms with E-state index in [1.54, 1.807) is 37.1 Å². The highest BCUT2D eigenvalue weighted by Gasteiger charge is 2.06. The van der Waals surface area contributed by atoms with Crippen LogP contribution in [0.2, 0.25) is 0 Å². The third-order valence-electron chi connectivity index (χ3n) is 3.80. The van der Waals surface area contributed by atoms with Crippen LogP contribution >= 0.6 is 0 Å². The van der Waals surface area contributed by atoms with E-state index in [1.165, 1.54) is 6.21 Å². The van der Waals surface area contributed by atoms with Crippen LogP contribution in [-0.2, 0) is 11.3 Å². The van der Waals surface area contributed by atoms with Crippen LogP contribution in [0.4, 0.5) is 0 Å². The number of benzene rings is 2. The molecule has 8 nitrogen and oxygen atoms in total. The van der Waals surface area contributed by atoms with Crippen LogP contribution < -0.4 is 14.9 Å². The zero-order chi connectivity index (χ0) is 18.4. The Bertz CT molecular complexity index is 935. The van der Waals surface area contributed by atoms with Gasteiger partial charge in [-0.2, -0.15) is 5.10 Å². The van der Waals surface area contributed by atoms with Gasteiger partial charge in [0.05, 0.1) is 32.5 Å². The highest BCUT2D eigenvalue weighted by atomic mass is 16.5. The molecule has 0 saturated carbocycles. The summed E-state index contributed by atoms with van der Waals surface area (Å²) in [6.45, 7) is 0.421. The summed E-state index contributed by atoms with van der Waals surface area (Å²) in [5, 5.41) is 12.1. The Labute approximate surface area is 150 Å². The molecule has 0 aliphatic heterocycles. The fourth-order valence-corrected chi connectivity index (χ4v) is 2.46. The fraction of sp³-hybridized carbons (Fsp3) is 0.222. The summed E-state index contributed by atoms with van der Waals surface area (Å²) in [7, 11) is 3.15. The van der Waals surface area contributed by atoms with E-state index in [4.69, 9.17) is 9.47 Å². The van der Waals surface area contributed by atoms with Crippen LogP contribution in [0.25, 0.3) is 11.0 Å². The van der Waals surface area contributed by atoms with Crippen molar-refractivity contribution < 1.29 is 14.3 Å². The summed E-state index contributed by atoms with van der Waals surface area (Å²) < 4.78 is 12.1. The average Bonchev–Trinajstić information content (AvgIpc) is 3.09. The Kier molecular flexibility index (Phi) is 5.43. The molecule has 0 aliphatic carbocycles. The largest absolute Gasteiger partial charge is 0.497 e. The standard InChI is InChI=1S/C18H19N5O3/c1-25-14-7-8-17(26-2)13(11-14)12-19-21-18(24)9-10-23-16-6-4-3-5-15(16)20-22-23/h3-8,11-12H,9-10H2,1-2H3,(H,21,24)/b19-12-. The number of hydrogen-bond donors (Lipinski definition) is 1. The smallest absolute Gasteiger partial charge is 0.241 e. The van der Waals surface area contributed by atoms with Gasteiger partial charge in [-0.05, 0) is 30.3 Å². The average molecular weight is 353 g/mol. The van der Waals surface area contributed by atoms with Crippen molar-refractivity contribution in [2.75, 3.05) is 14.2 Å².